The first-order valence-corrected chi connectivity index (χ1v) is 12.5. The lowest BCUT2D eigenvalue weighted by Gasteiger charge is -2.18. The summed E-state index contributed by atoms with van der Waals surface area (Å²) in [4.78, 5) is 13.3. The Morgan fingerprint density at radius 2 is 1.18 bits per heavy atom. The van der Waals surface area contributed by atoms with E-state index < -0.39 is 0 Å². The van der Waals surface area contributed by atoms with Gasteiger partial charge in [-0.25, -0.2) is 0 Å². The van der Waals surface area contributed by atoms with E-state index >= 15 is 0 Å². The van der Waals surface area contributed by atoms with Gasteiger partial charge in [0.25, 0.3) is 0 Å². The molecule has 0 heterocycles. The minimum Gasteiger partial charge on any atom is -0.493 e. The zero-order chi connectivity index (χ0) is 24.0. The van der Waals surface area contributed by atoms with Gasteiger partial charge >= 0.3 is 0 Å². The van der Waals surface area contributed by atoms with Gasteiger partial charge in [-0.15, -0.1) is 0 Å². The molecule has 1 aliphatic carbocycles. The molecule has 0 bridgehead atoms. The van der Waals surface area contributed by atoms with E-state index in [4.69, 9.17) is 18.9 Å². The smallest absolute Gasteiger partial charge is 0.185 e. The zero-order valence-corrected chi connectivity index (χ0v) is 22.5. The summed E-state index contributed by atoms with van der Waals surface area (Å²) in [6, 6.07) is 7.54. The topological polar surface area (TPSA) is 54.0 Å². The van der Waals surface area contributed by atoms with Gasteiger partial charge in [-0.1, -0.05) is 31.9 Å². The average molecular weight is 580 g/mol. The van der Waals surface area contributed by atoms with Crippen molar-refractivity contribution in [2.24, 2.45) is 0 Å². The Morgan fingerprint density at radius 1 is 0.758 bits per heavy atom. The maximum atomic E-state index is 13.3. The number of ketones is 1. The molecule has 5 nitrogen and oxygen atoms in total. The van der Waals surface area contributed by atoms with E-state index in [-0.39, 0.29) is 5.78 Å². The van der Waals surface area contributed by atoms with Crippen molar-refractivity contribution in [3.8, 4) is 23.0 Å². The van der Waals surface area contributed by atoms with Crippen molar-refractivity contribution in [3.05, 3.63) is 55.5 Å². The fraction of sp³-hybridized carbons (Fsp3) is 0.346. The molecule has 0 aromatic heterocycles. The predicted molar refractivity (Wildman–Crippen MR) is 139 cm³/mol. The second kappa shape index (κ2) is 11.7. The third-order valence-corrected chi connectivity index (χ3v) is 6.67. The van der Waals surface area contributed by atoms with Crippen LogP contribution in [0.5, 0.6) is 23.0 Å². The van der Waals surface area contributed by atoms with Gasteiger partial charge in [-0.3, -0.25) is 4.79 Å². The molecule has 1 fully saturated rings. The molecular formula is C26H28Br2O5. The summed E-state index contributed by atoms with van der Waals surface area (Å²) in [5.74, 6) is 2.66. The Hall–Kier alpha value is -2.25. The Labute approximate surface area is 212 Å². The van der Waals surface area contributed by atoms with Gasteiger partial charge in [0.2, 0.25) is 0 Å². The van der Waals surface area contributed by atoms with E-state index in [9.17, 15) is 4.79 Å². The quantitative estimate of drug-likeness (QED) is 0.308. The average Bonchev–Trinajstić information content (AvgIpc) is 2.80. The number of benzene rings is 2. The van der Waals surface area contributed by atoms with Crippen LogP contribution in [0.25, 0.3) is 12.2 Å². The van der Waals surface area contributed by atoms with Crippen LogP contribution in [0, 0.1) is 0 Å². The van der Waals surface area contributed by atoms with Crippen LogP contribution < -0.4 is 18.9 Å². The van der Waals surface area contributed by atoms with Crippen molar-refractivity contribution in [2.45, 2.75) is 33.1 Å². The van der Waals surface area contributed by atoms with Crippen molar-refractivity contribution in [1.29, 1.82) is 0 Å². The number of halogens is 2. The summed E-state index contributed by atoms with van der Waals surface area (Å²) < 4.78 is 23.9. The van der Waals surface area contributed by atoms with Crippen LogP contribution in [-0.4, -0.2) is 33.2 Å². The molecule has 0 amide bonds. The summed E-state index contributed by atoms with van der Waals surface area (Å²) in [5, 5.41) is 0. The number of carbonyl (C=O) groups excluding carboxylic acids is 1. The number of methoxy groups -OCH3 is 2. The van der Waals surface area contributed by atoms with E-state index in [0.717, 1.165) is 50.5 Å². The summed E-state index contributed by atoms with van der Waals surface area (Å²) in [6.45, 7) is 4.91. The minimum absolute atomic E-state index is 0.0580. The van der Waals surface area contributed by atoms with Crippen molar-refractivity contribution in [3.63, 3.8) is 0 Å². The van der Waals surface area contributed by atoms with Crippen molar-refractivity contribution in [1.82, 2.24) is 0 Å². The molecule has 2 aromatic rings. The first kappa shape index (κ1) is 25.4. The zero-order valence-electron chi connectivity index (χ0n) is 19.3. The lowest BCUT2D eigenvalue weighted by atomic mass is 9.87. The standard InChI is InChI=1S/C26H28Br2O5/c1-5-32-24-12-18(20(27)14-22(24)30-3)10-16-8-7-9-17(26(16)29)11-19-13-25(33-6-2)23(31-4)15-21(19)28/h10-15H,5-9H2,1-4H3/b16-10-,17-11+. The third-order valence-electron chi connectivity index (χ3n) is 5.30. The van der Waals surface area contributed by atoms with Gasteiger partial charge in [0, 0.05) is 20.1 Å². The molecule has 0 spiro atoms. The molecule has 7 heteroatoms. The van der Waals surface area contributed by atoms with Crippen LogP contribution in [0.1, 0.15) is 44.2 Å². The maximum absolute atomic E-state index is 13.3. The number of rotatable bonds is 8. The summed E-state index contributed by atoms with van der Waals surface area (Å²) in [6.07, 6.45) is 6.24. The molecule has 0 saturated heterocycles. The molecule has 3 rings (SSSR count). The molecule has 0 unspecified atom stereocenters. The van der Waals surface area contributed by atoms with Crippen LogP contribution in [0.4, 0.5) is 0 Å². The van der Waals surface area contributed by atoms with E-state index in [1.165, 1.54) is 0 Å². The minimum atomic E-state index is 0.0580. The van der Waals surface area contributed by atoms with Crippen LogP contribution in [0.15, 0.2) is 44.4 Å². The van der Waals surface area contributed by atoms with E-state index in [1.807, 2.05) is 50.3 Å². The normalized spacial score (nSPS) is 16.2. The Morgan fingerprint density at radius 3 is 1.55 bits per heavy atom. The molecule has 0 radical (unpaired) electrons. The van der Waals surface area contributed by atoms with Gasteiger partial charge in [-0.2, -0.15) is 0 Å². The van der Waals surface area contributed by atoms with Gasteiger partial charge in [0.1, 0.15) is 0 Å². The molecule has 176 valence electrons. The third kappa shape index (κ3) is 6.01. The number of allylic oxidation sites excluding steroid dienone is 2. The first-order valence-electron chi connectivity index (χ1n) is 10.9. The molecule has 0 aliphatic heterocycles. The number of Topliss-reactive ketones (excluding diaryl/α,β-unsaturated/α-hetero) is 1. The van der Waals surface area contributed by atoms with Gasteiger partial charge < -0.3 is 18.9 Å². The first-order chi connectivity index (χ1) is 15.9. The number of carbonyl (C=O) groups is 1. The van der Waals surface area contributed by atoms with Crippen LogP contribution >= 0.6 is 31.9 Å². The number of ether oxygens (including phenoxy) is 4. The largest absolute Gasteiger partial charge is 0.493 e. The highest BCUT2D eigenvalue weighted by Crippen LogP contribution is 2.38. The molecule has 33 heavy (non-hydrogen) atoms. The van der Waals surface area contributed by atoms with E-state index in [0.29, 0.717) is 36.2 Å². The van der Waals surface area contributed by atoms with Crippen molar-refractivity contribution in [2.75, 3.05) is 27.4 Å². The molecule has 1 saturated carbocycles. The van der Waals surface area contributed by atoms with Gasteiger partial charge in [-0.05, 0) is 80.7 Å². The molecular weight excluding hydrogens is 552 g/mol. The Bertz CT molecular complexity index is 1010. The molecule has 0 N–H and O–H groups in total. The highest BCUT2D eigenvalue weighted by molar-refractivity contribution is 9.10. The summed E-state index contributed by atoms with van der Waals surface area (Å²) in [5.41, 5.74) is 3.31. The summed E-state index contributed by atoms with van der Waals surface area (Å²) >= 11 is 7.19. The number of hydrogen-bond acceptors (Lipinski definition) is 5. The Kier molecular flexibility index (Phi) is 9.03. The Balaban J connectivity index is 1.97. The highest BCUT2D eigenvalue weighted by Gasteiger charge is 2.22. The predicted octanol–water partition coefficient (Wildman–Crippen LogP) is 7.25. The second-order valence-corrected chi connectivity index (χ2v) is 9.15. The molecule has 0 atom stereocenters. The van der Waals surface area contributed by atoms with E-state index in [1.54, 1.807) is 14.2 Å². The maximum Gasteiger partial charge on any atom is 0.185 e. The van der Waals surface area contributed by atoms with Gasteiger partial charge in [0.05, 0.1) is 27.4 Å². The SMILES string of the molecule is CCOc1cc(/C=C2/CCC/C(=C\c3cc(OCC)c(OC)cc3Br)C2=O)c(Br)cc1OC. The lowest BCUT2D eigenvalue weighted by Crippen LogP contribution is -2.12. The fourth-order valence-corrected chi connectivity index (χ4v) is 4.61. The molecule has 2 aromatic carbocycles. The van der Waals surface area contributed by atoms with Crippen LogP contribution in [0.2, 0.25) is 0 Å². The van der Waals surface area contributed by atoms with Crippen molar-refractivity contribution < 1.29 is 23.7 Å². The highest BCUT2D eigenvalue weighted by atomic mass is 79.9. The second-order valence-electron chi connectivity index (χ2n) is 7.44. The number of hydrogen-bond donors (Lipinski definition) is 0. The monoisotopic (exact) mass is 578 g/mol. The van der Waals surface area contributed by atoms with Crippen LogP contribution in [-0.2, 0) is 4.79 Å². The van der Waals surface area contributed by atoms with Crippen LogP contribution in [0.3, 0.4) is 0 Å². The summed E-state index contributed by atoms with van der Waals surface area (Å²) in [7, 11) is 3.22. The lowest BCUT2D eigenvalue weighted by molar-refractivity contribution is -0.112. The van der Waals surface area contributed by atoms with Crippen molar-refractivity contribution >= 4 is 49.8 Å². The fourth-order valence-electron chi connectivity index (χ4n) is 3.73. The van der Waals surface area contributed by atoms with Gasteiger partial charge in [0.15, 0.2) is 28.8 Å². The molecule has 1 aliphatic rings. The van der Waals surface area contributed by atoms with E-state index in [2.05, 4.69) is 31.9 Å².